The number of alkyl halides is 3. The van der Waals surface area contributed by atoms with E-state index in [0.29, 0.717) is 42.9 Å². The minimum atomic E-state index is -5.08. The van der Waals surface area contributed by atoms with Gasteiger partial charge in [-0.3, -0.25) is 14.6 Å². The van der Waals surface area contributed by atoms with Crippen molar-refractivity contribution >= 4 is 17.8 Å². The molecule has 2 aliphatic rings. The number of rotatable bonds is 4. The van der Waals surface area contributed by atoms with Gasteiger partial charge in [0.15, 0.2) is 0 Å². The second-order valence-corrected chi connectivity index (χ2v) is 8.50. The Kier molecular flexibility index (Phi) is 8.26. The van der Waals surface area contributed by atoms with E-state index in [1.54, 1.807) is 53.7 Å². The molecular formula is C24H23F3N4O5. The summed E-state index contributed by atoms with van der Waals surface area (Å²) in [6.45, 7) is 2.28. The number of carboxylic acid groups (broad SMARTS) is 1. The maximum absolute atomic E-state index is 12.6. The van der Waals surface area contributed by atoms with Crippen LogP contribution in [0.15, 0.2) is 48.8 Å². The van der Waals surface area contributed by atoms with Gasteiger partial charge in [0.05, 0.1) is 31.3 Å². The highest BCUT2D eigenvalue weighted by Crippen LogP contribution is 2.36. The highest BCUT2D eigenvalue weighted by Gasteiger charge is 2.48. The molecule has 2 N–H and O–H groups in total. The molecule has 1 atom stereocenters. The number of aliphatic carboxylic acids is 1. The molecule has 0 saturated carbocycles. The highest BCUT2D eigenvalue weighted by molar-refractivity contribution is 5.95. The molecule has 2 saturated heterocycles. The van der Waals surface area contributed by atoms with Crippen LogP contribution < -0.4 is 5.32 Å². The topological polar surface area (TPSA) is 133 Å². The van der Waals surface area contributed by atoms with Gasteiger partial charge in [-0.25, -0.2) is 4.79 Å². The van der Waals surface area contributed by atoms with E-state index < -0.39 is 12.1 Å². The number of halogens is 3. The summed E-state index contributed by atoms with van der Waals surface area (Å²) in [4.78, 5) is 39.3. The van der Waals surface area contributed by atoms with Gasteiger partial charge in [0, 0.05) is 30.1 Å². The van der Waals surface area contributed by atoms with Crippen molar-refractivity contribution in [3.05, 3.63) is 65.5 Å². The Morgan fingerprint density at radius 1 is 1.19 bits per heavy atom. The maximum atomic E-state index is 12.6. The summed E-state index contributed by atoms with van der Waals surface area (Å²) in [5.41, 5.74) is 1.35. The minimum Gasteiger partial charge on any atom is -0.475 e. The summed E-state index contributed by atoms with van der Waals surface area (Å²) in [6, 6.07) is 12.2. The van der Waals surface area contributed by atoms with E-state index in [-0.39, 0.29) is 23.3 Å². The summed E-state index contributed by atoms with van der Waals surface area (Å²) in [5.74, 6) is -2.66. The SMILES string of the molecule is N#Cc1cccc(C(=O)N2CC3(CCC(CNC(=O)c4ccncc4)CO3)C2)c1.O=C(O)C(F)(F)F. The molecule has 1 aromatic heterocycles. The average Bonchev–Trinajstić information content (AvgIpc) is 2.86. The van der Waals surface area contributed by atoms with E-state index in [9.17, 15) is 22.8 Å². The Labute approximate surface area is 204 Å². The number of carboxylic acids is 1. The fourth-order valence-electron chi connectivity index (χ4n) is 3.87. The maximum Gasteiger partial charge on any atom is 0.490 e. The molecule has 1 spiro atoms. The third-order valence-corrected chi connectivity index (χ3v) is 5.85. The molecule has 0 radical (unpaired) electrons. The number of nitrogens with zero attached hydrogens (tertiary/aromatic N) is 3. The van der Waals surface area contributed by atoms with Gasteiger partial charge in [-0.2, -0.15) is 18.4 Å². The average molecular weight is 504 g/mol. The molecule has 3 heterocycles. The fourth-order valence-corrected chi connectivity index (χ4v) is 3.87. The number of pyridine rings is 1. The molecule has 1 aromatic carbocycles. The lowest BCUT2D eigenvalue weighted by atomic mass is 9.82. The van der Waals surface area contributed by atoms with Crippen LogP contribution in [0.5, 0.6) is 0 Å². The van der Waals surface area contributed by atoms with Gasteiger partial charge in [-0.1, -0.05) is 6.07 Å². The van der Waals surface area contributed by atoms with Crippen molar-refractivity contribution in [1.29, 1.82) is 5.26 Å². The van der Waals surface area contributed by atoms with Crippen molar-refractivity contribution in [1.82, 2.24) is 15.2 Å². The standard InChI is InChI=1S/C22H22N4O3.C2HF3O2/c23-11-16-2-1-3-19(10-16)21(28)26-14-22(15-26)7-4-17(13-29-22)12-25-20(27)18-5-8-24-9-6-18;3-2(4,5)1(6)7/h1-3,5-6,8-10,17H,4,7,12-15H2,(H,25,27);(H,6,7). The molecule has 36 heavy (non-hydrogen) atoms. The molecule has 12 heteroatoms. The van der Waals surface area contributed by atoms with Crippen molar-refractivity contribution in [2.45, 2.75) is 24.6 Å². The van der Waals surface area contributed by atoms with E-state index in [1.807, 2.05) is 0 Å². The van der Waals surface area contributed by atoms with Gasteiger partial charge in [0.2, 0.25) is 0 Å². The number of carbonyl (C=O) groups is 3. The van der Waals surface area contributed by atoms with Crippen molar-refractivity contribution in [2.75, 3.05) is 26.2 Å². The quantitative estimate of drug-likeness (QED) is 0.654. The number of likely N-dealkylation sites (tertiary alicyclic amines) is 1. The summed E-state index contributed by atoms with van der Waals surface area (Å²) >= 11 is 0. The molecule has 0 bridgehead atoms. The number of aromatic nitrogens is 1. The molecule has 2 aromatic rings. The van der Waals surface area contributed by atoms with Gasteiger partial charge in [0.1, 0.15) is 5.60 Å². The van der Waals surface area contributed by atoms with Crippen LogP contribution in [-0.2, 0) is 9.53 Å². The molecule has 4 rings (SSSR count). The van der Waals surface area contributed by atoms with Crippen molar-refractivity contribution in [3.8, 4) is 6.07 Å². The summed E-state index contributed by atoms with van der Waals surface area (Å²) < 4.78 is 37.8. The van der Waals surface area contributed by atoms with Gasteiger partial charge >= 0.3 is 12.1 Å². The Hall–Kier alpha value is -3.98. The first-order chi connectivity index (χ1) is 17.0. The van der Waals surface area contributed by atoms with Crippen LogP contribution in [0.2, 0.25) is 0 Å². The number of nitrogens with one attached hydrogen (secondary N) is 1. The van der Waals surface area contributed by atoms with Crippen LogP contribution in [-0.4, -0.2) is 70.8 Å². The molecule has 2 aliphatic heterocycles. The fraction of sp³-hybridized carbons (Fsp3) is 0.375. The van der Waals surface area contributed by atoms with E-state index >= 15 is 0 Å². The lowest BCUT2D eigenvalue weighted by Gasteiger charge is -2.52. The smallest absolute Gasteiger partial charge is 0.475 e. The number of ether oxygens (including phenoxy) is 1. The predicted molar refractivity (Wildman–Crippen MR) is 119 cm³/mol. The molecule has 0 aliphatic carbocycles. The highest BCUT2D eigenvalue weighted by atomic mass is 19.4. The Morgan fingerprint density at radius 3 is 2.42 bits per heavy atom. The van der Waals surface area contributed by atoms with Crippen LogP contribution in [0.1, 0.15) is 39.1 Å². The van der Waals surface area contributed by atoms with E-state index in [1.165, 1.54) is 0 Å². The molecule has 1 unspecified atom stereocenters. The molecule has 9 nitrogen and oxygen atoms in total. The lowest BCUT2D eigenvalue weighted by Crippen LogP contribution is -2.66. The number of nitriles is 1. The first kappa shape index (κ1) is 26.6. The second kappa shape index (κ2) is 11.2. The van der Waals surface area contributed by atoms with Crippen molar-refractivity contribution in [2.24, 2.45) is 5.92 Å². The third kappa shape index (κ3) is 6.79. The van der Waals surface area contributed by atoms with Gasteiger partial charge in [-0.15, -0.1) is 0 Å². The van der Waals surface area contributed by atoms with Crippen LogP contribution >= 0.6 is 0 Å². The number of hydrogen-bond acceptors (Lipinski definition) is 6. The number of amides is 2. The first-order valence-electron chi connectivity index (χ1n) is 10.9. The van der Waals surface area contributed by atoms with Crippen LogP contribution in [0.4, 0.5) is 13.2 Å². The largest absolute Gasteiger partial charge is 0.490 e. The minimum absolute atomic E-state index is 0.0666. The summed E-state index contributed by atoms with van der Waals surface area (Å²) in [7, 11) is 0. The van der Waals surface area contributed by atoms with E-state index in [4.69, 9.17) is 19.9 Å². The zero-order chi connectivity index (χ0) is 26.3. The zero-order valence-electron chi connectivity index (χ0n) is 19.0. The zero-order valence-corrected chi connectivity index (χ0v) is 19.0. The van der Waals surface area contributed by atoms with E-state index in [2.05, 4.69) is 16.4 Å². The molecular weight excluding hydrogens is 481 g/mol. The summed E-state index contributed by atoms with van der Waals surface area (Å²) in [5, 5.41) is 19.1. The second-order valence-electron chi connectivity index (χ2n) is 8.50. The number of carbonyl (C=O) groups excluding carboxylic acids is 2. The van der Waals surface area contributed by atoms with Gasteiger partial charge in [-0.05, 0) is 49.1 Å². The number of benzene rings is 1. The predicted octanol–water partition coefficient (Wildman–Crippen LogP) is 2.64. The summed E-state index contributed by atoms with van der Waals surface area (Å²) in [6.07, 6.45) is -0.0709. The molecule has 2 amide bonds. The number of hydrogen-bond donors (Lipinski definition) is 2. The van der Waals surface area contributed by atoms with Crippen LogP contribution in [0, 0.1) is 17.2 Å². The Balaban J connectivity index is 0.000000454. The normalized spacial score (nSPS) is 18.2. The van der Waals surface area contributed by atoms with Gasteiger partial charge in [0.25, 0.3) is 11.8 Å². The monoisotopic (exact) mass is 504 g/mol. The van der Waals surface area contributed by atoms with Gasteiger partial charge < -0.3 is 20.1 Å². The Morgan fingerprint density at radius 2 is 1.86 bits per heavy atom. The van der Waals surface area contributed by atoms with Crippen LogP contribution in [0.25, 0.3) is 0 Å². The first-order valence-corrected chi connectivity index (χ1v) is 10.9. The van der Waals surface area contributed by atoms with E-state index in [0.717, 1.165) is 12.8 Å². The van der Waals surface area contributed by atoms with Crippen molar-refractivity contribution in [3.63, 3.8) is 0 Å². The van der Waals surface area contributed by atoms with Crippen LogP contribution in [0.3, 0.4) is 0 Å². The van der Waals surface area contributed by atoms with Crippen molar-refractivity contribution < 1.29 is 37.4 Å². The molecule has 190 valence electrons. The lowest BCUT2D eigenvalue weighted by molar-refractivity contribution is -0.192. The third-order valence-electron chi connectivity index (χ3n) is 5.85. The Bertz CT molecular complexity index is 1130. The molecule has 2 fully saturated rings.